The molecule has 0 amide bonds. The van der Waals surface area contributed by atoms with Crippen LogP contribution in [0.1, 0.15) is 11.1 Å². The lowest BCUT2D eigenvalue weighted by atomic mass is 10.2. The number of rotatable bonds is 6. The summed E-state index contributed by atoms with van der Waals surface area (Å²) in [6.45, 7) is 1.82. The summed E-state index contributed by atoms with van der Waals surface area (Å²) in [6, 6.07) is 18.3. The molecule has 98 valence electrons. The van der Waals surface area contributed by atoms with Crippen LogP contribution in [-0.2, 0) is 13.1 Å². The molecule has 2 aromatic carbocycles. The van der Waals surface area contributed by atoms with Gasteiger partial charge >= 0.3 is 0 Å². The standard InChI is InChI=1S/C16H18N2O/c1-18(11-14-5-3-2-4-6-14)12-15-7-9-16(10-8-15)19-13-17/h2-10,13,17H,11-12H2,1H3. The average Bonchev–Trinajstić information content (AvgIpc) is 2.42. The number of nitrogens with one attached hydrogen (secondary N) is 1. The van der Waals surface area contributed by atoms with Gasteiger partial charge < -0.3 is 4.74 Å². The highest BCUT2D eigenvalue weighted by atomic mass is 16.5. The monoisotopic (exact) mass is 254 g/mol. The second kappa shape index (κ2) is 6.71. The summed E-state index contributed by atoms with van der Waals surface area (Å²) in [7, 11) is 2.11. The molecular formula is C16H18N2O. The summed E-state index contributed by atoms with van der Waals surface area (Å²) in [5, 5.41) is 6.88. The molecule has 0 aliphatic rings. The molecule has 2 aromatic rings. The van der Waals surface area contributed by atoms with E-state index in [0.29, 0.717) is 5.75 Å². The van der Waals surface area contributed by atoms with Crippen LogP contribution in [0.25, 0.3) is 0 Å². The van der Waals surface area contributed by atoms with Crippen LogP contribution in [0, 0.1) is 5.41 Å². The van der Waals surface area contributed by atoms with Crippen LogP contribution in [-0.4, -0.2) is 18.3 Å². The quantitative estimate of drug-likeness (QED) is 0.634. The Hall–Kier alpha value is -2.13. The van der Waals surface area contributed by atoms with E-state index in [4.69, 9.17) is 10.1 Å². The predicted octanol–water partition coefficient (Wildman–Crippen LogP) is 3.30. The molecule has 0 bridgehead atoms. The minimum atomic E-state index is 0.699. The zero-order valence-electron chi connectivity index (χ0n) is 11.0. The largest absolute Gasteiger partial charge is 0.446 e. The van der Waals surface area contributed by atoms with E-state index < -0.39 is 0 Å². The Bertz CT molecular complexity index is 508. The third-order valence-corrected chi connectivity index (χ3v) is 2.87. The number of hydrogen-bond donors (Lipinski definition) is 1. The molecule has 0 aliphatic carbocycles. The number of ether oxygens (including phenoxy) is 1. The van der Waals surface area contributed by atoms with Gasteiger partial charge in [0.2, 0.25) is 0 Å². The molecule has 0 aromatic heterocycles. The maximum Gasteiger partial charge on any atom is 0.173 e. The summed E-state index contributed by atoms with van der Waals surface area (Å²) in [4.78, 5) is 2.27. The first-order valence-electron chi connectivity index (χ1n) is 6.25. The molecule has 0 saturated carbocycles. The second-order valence-electron chi connectivity index (χ2n) is 4.54. The van der Waals surface area contributed by atoms with Crippen LogP contribution in [0.2, 0.25) is 0 Å². The van der Waals surface area contributed by atoms with Crippen molar-refractivity contribution in [3.63, 3.8) is 0 Å². The molecular weight excluding hydrogens is 236 g/mol. The Morgan fingerprint density at radius 1 is 0.947 bits per heavy atom. The lowest BCUT2D eigenvalue weighted by Gasteiger charge is -2.17. The summed E-state index contributed by atoms with van der Waals surface area (Å²) in [5.41, 5.74) is 2.55. The van der Waals surface area contributed by atoms with Crippen molar-refractivity contribution in [3.05, 3.63) is 65.7 Å². The van der Waals surface area contributed by atoms with Crippen molar-refractivity contribution in [2.45, 2.75) is 13.1 Å². The Labute approximate surface area is 114 Å². The van der Waals surface area contributed by atoms with Gasteiger partial charge in [0.1, 0.15) is 5.75 Å². The van der Waals surface area contributed by atoms with Crippen LogP contribution in [0.3, 0.4) is 0 Å². The van der Waals surface area contributed by atoms with Crippen molar-refractivity contribution in [3.8, 4) is 5.75 Å². The van der Waals surface area contributed by atoms with Crippen LogP contribution < -0.4 is 4.74 Å². The molecule has 3 heteroatoms. The number of hydrogen-bond acceptors (Lipinski definition) is 3. The molecule has 0 atom stereocenters. The van der Waals surface area contributed by atoms with E-state index in [-0.39, 0.29) is 0 Å². The van der Waals surface area contributed by atoms with Gasteiger partial charge in [0, 0.05) is 13.1 Å². The molecule has 0 saturated heterocycles. The van der Waals surface area contributed by atoms with E-state index >= 15 is 0 Å². The van der Waals surface area contributed by atoms with Gasteiger partial charge in [-0.25, -0.2) is 0 Å². The van der Waals surface area contributed by atoms with Crippen LogP contribution in [0.5, 0.6) is 5.75 Å². The first kappa shape index (κ1) is 13.3. The highest BCUT2D eigenvalue weighted by Gasteiger charge is 2.02. The van der Waals surface area contributed by atoms with Crippen LogP contribution in [0.15, 0.2) is 54.6 Å². The van der Waals surface area contributed by atoms with Gasteiger partial charge in [-0.2, -0.15) is 0 Å². The van der Waals surface area contributed by atoms with E-state index in [0.717, 1.165) is 19.5 Å². The lowest BCUT2D eigenvalue weighted by Crippen LogP contribution is -2.17. The molecule has 0 radical (unpaired) electrons. The van der Waals surface area contributed by atoms with E-state index in [1.54, 1.807) is 0 Å². The van der Waals surface area contributed by atoms with Crippen molar-refractivity contribution in [2.24, 2.45) is 0 Å². The number of nitrogens with zero attached hydrogens (tertiary/aromatic N) is 1. The Balaban J connectivity index is 1.91. The smallest absolute Gasteiger partial charge is 0.173 e. The highest BCUT2D eigenvalue weighted by Crippen LogP contribution is 2.13. The molecule has 2 rings (SSSR count). The predicted molar refractivity (Wildman–Crippen MR) is 77.5 cm³/mol. The van der Waals surface area contributed by atoms with E-state index in [1.807, 2.05) is 30.3 Å². The van der Waals surface area contributed by atoms with Crippen molar-refractivity contribution >= 4 is 6.40 Å². The highest BCUT2D eigenvalue weighted by molar-refractivity contribution is 5.48. The zero-order chi connectivity index (χ0) is 13.5. The molecule has 0 aliphatic heterocycles. The van der Waals surface area contributed by atoms with Gasteiger partial charge in [-0.3, -0.25) is 10.3 Å². The maximum absolute atomic E-state index is 6.88. The third kappa shape index (κ3) is 4.23. The molecule has 19 heavy (non-hydrogen) atoms. The van der Waals surface area contributed by atoms with Crippen LogP contribution in [0.4, 0.5) is 0 Å². The second-order valence-corrected chi connectivity index (χ2v) is 4.54. The summed E-state index contributed by atoms with van der Waals surface area (Å²) in [5.74, 6) is 0.699. The van der Waals surface area contributed by atoms with Gasteiger partial charge in [0.05, 0.1) is 0 Å². The van der Waals surface area contributed by atoms with Crippen molar-refractivity contribution in [1.29, 1.82) is 5.41 Å². The Morgan fingerprint density at radius 2 is 1.53 bits per heavy atom. The Kier molecular flexibility index (Phi) is 4.70. The number of benzene rings is 2. The van der Waals surface area contributed by atoms with Crippen molar-refractivity contribution in [2.75, 3.05) is 7.05 Å². The molecule has 0 fully saturated rings. The first-order chi connectivity index (χ1) is 9.28. The molecule has 1 N–H and O–H groups in total. The normalized spacial score (nSPS) is 10.4. The van der Waals surface area contributed by atoms with Crippen molar-refractivity contribution in [1.82, 2.24) is 4.90 Å². The zero-order valence-corrected chi connectivity index (χ0v) is 11.0. The Morgan fingerprint density at radius 3 is 2.11 bits per heavy atom. The maximum atomic E-state index is 6.88. The van der Waals surface area contributed by atoms with E-state index in [2.05, 4.69) is 36.2 Å². The molecule has 0 heterocycles. The van der Waals surface area contributed by atoms with Gasteiger partial charge in [0.25, 0.3) is 0 Å². The summed E-state index contributed by atoms with van der Waals surface area (Å²) < 4.78 is 4.99. The summed E-state index contributed by atoms with van der Waals surface area (Å²) >= 11 is 0. The van der Waals surface area contributed by atoms with Crippen molar-refractivity contribution < 1.29 is 4.74 Å². The fourth-order valence-corrected chi connectivity index (χ4v) is 2.00. The summed E-state index contributed by atoms with van der Waals surface area (Å²) in [6.07, 6.45) is 0.941. The molecule has 0 unspecified atom stereocenters. The average molecular weight is 254 g/mol. The fourth-order valence-electron chi connectivity index (χ4n) is 2.00. The van der Waals surface area contributed by atoms with Gasteiger partial charge in [-0.15, -0.1) is 0 Å². The van der Waals surface area contributed by atoms with E-state index in [9.17, 15) is 0 Å². The van der Waals surface area contributed by atoms with Crippen LogP contribution >= 0.6 is 0 Å². The minimum Gasteiger partial charge on any atom is -0.446 e. The lowest BCUT2D eigenvalue weighted by molar-refractivity contribution is 0.319. The molecule has 0 spiro atoms. The SMILES string of the molecule is CN(Cc1ccccc1)Cc1ccc(OC=N)cc1. The van der Waals surface area contributed by atoms with E-state index in [1.165, 1.54) is 11.1 Å². The fraction of sp³-hybridized carbons (Fsp3) is 0.188. The topological polar surface area (TPSA) is 36.3 Å². The minimum absolute atomic E-state index is 0.699. The molecule has 3 nitrogen and oxygen atoms in total. The first-order valence-corrected chi connectivity index (χ1v) is 6.25. The third-order valence-electron chi connectivity index (χ3n) is 2.87. The van der Waals surface area contributed by atoms with Gasteiger partial charge in [-0.1, -0.05) is 42.5 Å². The van der Waals surface area contributed by atoms with Gasteiger partial charge in [-0.05, 0) is 30.3 Å². The van der Waals surface area contributed by atoms with Gasteiger partial charge in [0.15, 0.2) is 6.40 Å².